The highest BCUT2D eigenvalue weighted by atomic mass is 16.5. The summed E-state index contributed by atoms with van der Waals surface area (Å²) in [4.78, 5) is 19.1. The zero-order valence-electron chi connectivity index (χ0n) is 14.6. The van der Waals surface area contributed by atoms with Crippen molar-refractivity contribution in [2.45, 2.75) is 18.9 Å². The van der Waals surface area contributed by atoms with Crippen molar-refractivity contribution in [1.29, 1.82) is 0 Å². The van der Waals surface area contributed by atoms with Crippen LogP contribution in [-0.2, 0) is 0 Å². The Hall–Kier alpha value is -3.15. The number of hydrogen-bond donors (Lipinski definition) is 1. The van der Waals surface area contributed by atoms with E-state index in [1.807, 2.05) is 41.4 Å². The first-order valence-corrected chi connectivity index (χ1v) is 8.66. The van der Waals surface area contributed by atoms with Crippen molar-refractivity contribution >= 4 is 5.91 Å². The molecule has 0 aliphatic carbocycles. The number of methoxy groups -OCH3 is 1. The Kier molecular flexibility index (Phi) is 4.39. The first-order valence-electron chi connectivity index (χ1n) is 8.66. The summed E-state index contributed by atoms with van der Waals surface area (Å²) in [5, 5.41) is 7.35. The number of hydrogen-bond acceptors (Lipinski definition) is 4. The smallest absolute Gasteiger partial charge is 0.254 e. The molecule has 1 aliphatic heterocycles. The first kappa shape index (κ1) is 16.3. The molecule has 0 bridgehead atoms. The number of aromatic nitrogens is 3. The Morgan fingerprint density at radius 3 is 2.92 bits per heavy atom. The number of nitrogens with one attached hydrogen (secondary N) is 1. The SMILES string of the molecule is COc1cccc(C(=O)N2CCC[C@H]2c2[nH]ncc2-c2ccncc2)c1. The van der Waals surface area contributed by atoms with Crippen LogP contribution in [0.1, 0.15) is 34.9 Å². The van der Waals surface area contributed by atoms with Crippen LogP contribution in [0.3, 0.4) is 0 Å². The van der Waals surface area contributed by atoms with Crippen molar-refractivity contribution in [2.24, 2.45) is 0 Å². The van der Waals surface area contributed by atoms with Gasteiger partial charge in [-0.25, -0.2) is 0 Å². The Morgan fingerprint density at radius 1 is 1.27 bits per heavy atom. The van der Waals surface area contributed by atoms with Gasteiger partial charge < -0.3 is 9.64 Å². The summed E-state index contributed by atoms with van der Waals surface area (Å²) in [5.74, 6) is 0.701. The minimum atomic E-state index is -0.0145. The van der Waals surface area contributed by atoms with Crippen molar-refractivity contribution in [2.75, 3.05) is 13.7 Å². The van der Waals surface area contributed by atoms with Gasteiger partial charge >= 0.3 is 0 Å². The van der Waals surface area contributed by atoms with Crippen molar-refractivity contribution in [3.8, 4) is 16.9 Å². The summed E-state index contributed by atoms with van der Waals surface area (Å²) >= 11 is 0. The summed E-state index contributed by atoms with van der Waals surface area (Å²) < 4.78 is 5.25. The second-order valence-corrected chi connectivity index (χ2v) is 6.32. The van der Waals surface area contributed by atoms with Crippen LogP contribution in [0.25, 0.3) is 11.1 Å². The Labute approximate surface area is 151 Å². The Bertz CT molecular complexity index is 907. The fourth-order valence-electron chi connectivity index (χ4n) is 3.54. The highest BCUT2D eigenvalue weighted by Crippen LogP contribution is 2.37. The average molecular weight is 348 g/mol. The molecular formula is C20H20N4O2. The van der Waals surface area contributed by atoms with Crippen molar-refractivity contribution in [1.82, 2.24) is 20.1 Å². The molecule has 2 aromatic heterocycles. The lowest BCUT2D eigenvalue weighted by molar-refractivity contribution is 0.0733. The van der Waals surface area contributed by atoms with Crippen LogP contribution in [0.4, 0.5) is 0 Å². The molecule has 1 atom stereocenters. The van der Waals surface area contributed by atoms with E-state index in [1.54, 1.807) is 25.6 Å². The van der Waals surface area contributed by atoms with Crippen molar-refractivity contribution in [3.63, 3.8) is 0 Å². The molecule has 1 N–H and O–H groups in total. The number of carbonyl (C=O) groups excluding carboxylic acids is 1. The van der Waals surface area contributed by atoms with Gasteiger partial charge in [0.15, 0.2) is 0 Å². The van der Waals surface area contributed by atoms with Gasteiger partial charge in [0.1, 0.15) is 5.75 Å². The predicted molar refractivity (Wildman–Crippen MR) is 97.8 cm³/mol. The molecule has 1 saturated heterocycles. The third kappa shape index (κ3) is 2.94. The topological polar surface area (TPSA) is 71.1 Å². The zero-order valence-corrected chi connectivity index (χ0v) is 14.6. The molecule has 1 amide bonds. The van der Waals surface area contributed by atoms with E-state index in [9.17, 15) is 4.79 Å². The van der Waals surface area contributed by atoms with Gasteiger partial charge in [0.05, 0.1) is 25.0 Å². The van der Waals surface area contributed by atoms with E-state index in [0.29, 0.717) is 11.3 Å². The molecule has 6 nitrogen and oxygen atoms in total. The van der Waals surface area contributed by atoms with E-state index in [0.717, 1.165) is 36.2 Å². The number of amides is 1. The number of likely N-dealkylation sites (tertiary alicyclic amines) is 1. The molecule has 1 aliphatic rings. The molecule has 0 spiro atoms. The minimum absolute atomic E-state index is 0.0145. The lowest BCUT2D eigenvalue weighted by Crippen LogP contribution is -2.31. The van der Waals surface area contributed by atoms with Crippen LogP contribution < -0.4 is 4.74 Å². The third-order valence-corrected chi connectivity index (χ3v) is 4.82. The summed E-state index contributed by atoms with van der Waals surface area (Å²) in [6.07, 6.45) is 7.22. The number of carbonyl (C=O) groups is 1. The van der Waals surface area contributed by atoms with E-state index in [2.05, 4.69) is 15.2 Å². The summed E-state index contributed by atoms with van der Waals surface area (Å²) in [5.41, 5.74) is 3.68. The number of nitrogens with zero attached hydrogens (tertiary/aromatic N) is 3. The number of benzene rings is 1. The minimum Gasteiger partial charge on any atom is -0.497 e. The zero-order chi connectivity index (χ0) is 17.9. The maximum absolute atomic E-state index is 13.1. The lowest BCUT2D eigenvalue weighted by Gasteiger charge is -2.25. The van der Waals surface area contributed by atoms with Crippen LogP contribution in [-0.4, -0.2) is 39.6 Å². The molecule has 0 radical (unpaired) electrons. The van der Waals surface area contributed by atoms with Gasteiger partial charge in [-0.3, -0.25) is 14.9 Å². The maximum Gasteiger partial charge on any atom is 0.254 e. The van der Waals surface area contributed by atoms with Gasteiger partial charge in [0.2, 0.25) is 0 Å². The fourth-order valence-corrected chi connectivity index (χ4v) is 3.54. The van der Waals surface area contributed by atoms with E-state index in [1.165, 1.54) is 0 Å². The van der Waals surface area contributed by atoms with Crippen LogP contribution in [0.15, 0.2) is 55.0 Å². The average Bonchev–Trinajstić information content (AvgIpc) is 3.37. The van der Waals surface area contributed by atoms with Crippen LogP contribution >= 0.6 is 0 Å². The Morgan fingerprint density at radius 2 is 2.12 bits per heavy atom. The van der Waals surface area contributed by atoms with Crippen LogP contribution in [0.5, 0.6) is 5.75 Å². The quantitative estimate of drug-likeness (QED) is 0.784. The first-order chi connectivity index (χ1) is 12.8. The summed E-state index contributed by atoms with van der Waals surface area (Å²) in [6, 6.07) is 11.2. The Balaban J connectivity index is 1.66. The summed E-state index contributed by atoms with van der Waals surface area (Å²) in [6.45, 7) is 0.732. The van der Waals surface area contributed by atoms with Gasteiger partial charge in [-0.05, 0) is 48.7 Å². The predicted octanol–water partition coefficient (Wildman–Crippen LogP) is 3.46. The van der Waals surface area contributed by atoms with Crippen LogP contribution in [0.2, 0.25) is 0 Å². The second kappa shape index (κ2) is 7.00. The third-order valence-electron chi connectivity index (χ3n) is 4.82. The molecule has 132 valence electrons. The van der Waals surface area contributed by atoms with Crippen LogP contribution in [0, 0.1) is 0 Å². The van der Waals surface area contributed by atoms with E-state index in [-0.39, 0.29) is 11.9 Å². The molecule has 3 aromatic rings. The van der Waals surface area contributed by atoms with Crippen molar-refractivity contribution < 1.29 is 9.53 Å². The van der Waals surface area contributed by atoms with Gasteiger partial charge in [0, 0.05) is 30.1 Å². The van der Waals surface area contributed by atoms with E-state index in [4.69, 9.17) is 4.74 Å². The number of H-pyrrole nitrogens is 1. The molecule has 3 heterocycles. The number of pyridine rings is 1. The highest BCUT2D eigenvalue weighted by molar-refractivity contribution is 5.95. The molecule has 1 fully saturated rings. The molecule has 0 saturated carbocycles. The molecule has 0 unspecified atom stereocenters. The number of rotatable bonds is 4. The number of ether oxygens (including phenoxy) is 1. The molecule has 26 heavy (non-hydrogen) atoms. The molecule has 4 rings (SSSR count). The fraction of sp³-hybridized carbons (Fsp3) is 0.250. The molecular weight excluding hydrogens is 328 g/mol. The summed E-state index contributed by atoms with van der Waals surface area (Å²) in [7, 11) is 1.61. The largest absolute Gasteiger partial charge is 0.497 e. The van der Waals surface area contributed by atoms with E-state index >= 15 is 0 Å². The van der Waals surface area contributed by atoms with E-state index < -0.39 is 0 Å². The highest BCUT2D eigenvalue weighted by Gasteiger charge is 2.33. The normalized spacial score (nSPS) is 16.7. The second-order valence-electron chi connectivity index (χ2n) is 6.32. The van der Waals surface area contributed by atoms with Gasteiger partial charge in [-0.15, -0.1) is 0 Å². The van der Waals surface area contributed by atoms with Gasteiger partial charge in [0.25, 0.3) is 5.91 Å². The van der Waals surface area contributed by atoms with Gasteiger partial charge in [-0.1, -0.05) is 6.07 Å². The molecule has 6 heteroatoms. The monoisotopic (exact) mass is 348 g/mol. The van der Waals surface area contributed by atoms with Crippen molar-refractivity contribution in [3.05, 3.63) is 66.2 Å². The maximum atomic E-state index is 13.1. The number of aromatic amines is 1. The molecule has 1 aromatic carbocycles. The van der Waals surface area contributed by atoms with Gasteiger partial charge in [-0.2, -0.15) is 5.10 Å². The standard InChI is InChI=1S/C20H20N4O2/c1-26-16-5-2-4-15(12-16)20(25)24-11-3-6-18(24)19-17(13-22-23-19)14-7-9-21-10-8-14/h2,4-5,7-10,12-13,18H,3,6,11H2,1H3,(H,22,23)/t18-/m0/s1. The lowest BCUT2D eigenvalue weighted by atomic mass is 10.0.